The summed E-state index contributed by atoms with van der Waals surface area (Å²) in [7, 11) is 0. The van der Waals surface area contributed by atoms with Crippen molar-refractivity contribution < 1.29 is 18.8 Å². The second kappa shape index (κ2) is 10.8. The van der Waals surface area contributed by atoms with E-state index in [1.54, 1.807) is 17.0 Å². The standard InChI is InChI=1S/C26H32FN5O3/c1-18(2)28-26(35)32-14-12-30(13-15-32)23-9-8-21(17-22(23)25(34)31-10-3-4-11-31)29-24(33)19-6-5-7-20(27)16-19/h5-9,16-18H,3-4,10-15H2,1-2H3,(H,28,35)(H,29,33). The summed E-state index contributed by atoms with van der Waals surface area (Å²) in [5.74, 6) is -1.000. The molecule has 2 saturated heterocycles. The highest BCUT2D eigenvalue weighted by Crippen LogP contribution is 2.28. The number of hydrogen-bond acceptors (Lipinski definition) is 4. The number of nitrogens with one attached hydrogen (secondary N) is 2. The summed E-state index contributed by atoms with van der Waals surface area (Å²) in [5, 5.41) is 5.71. The normalized spacial score (nSPS) is 15.9. The number of urea groups is 1. The van der Waals surface area contributed by atoms with Crippen LogP contribution in [0.3, 0.4) is 0 Å². The molecule has 2 aromatic rings. The van der Waals surface area contributed by atoms with Crippen molar-refractivity contribution in [2.24, 2.45) is 0 Å². The van der Waals surface area contributed by atoms with Crippen LogP contribution in [-0.4, -0.2) is 73.0 Å². The van der Waals surface area contributed by atoms with Crippen LogP contribution in [-0.2, 0) is 0 Å². The van der Waals surface area contributed by atoms with Crippen molar-refractivity contribution in [2.75, 3.05) is 49.5 Å². The molecule has 0 radical (unpaired) electrons. The van der Waals surface area contributed by atoms with E-state index in [1.807, 2.05) is 24.8 Å². The first-order chi connectivity index (χ1) is 16.8. The van der Waals surface area contributed by atoms with E-state index < -0.39 is 11.7 Å². The Morgan fingerprint density at radius 2 is 1.60 bits per heavy atom. The zero-order chi connectivity index (χ0) is 24.9. The fourth-order valence-corrected chi connectivity index (χ4v) is 4.47. The number of carbonyl (C=O) groups excluding carboxylic acids is 3. The molecule has 4 amide bonds. The summed E-state index contributed by atoms with van der Waals surface area (Å²) in [6, 6.07) is 10.8. The van der Waals surface area contributed by atoms with Gasteiger partial charge in [-0.05, 0) is 63.1 Å². The molecule has 2 fully saturated rings. The maximum Gasteiger partial charge on any atom is 0.317 e. The van der Waals surface area contributed by atoms with Crippen molar-refractivity contribution >= 4 is 29.2 Å². The number of rotatable bonds is 5. The van der Waals surface area contributed by atoms with Gasteiger partial charge in [-0.1, -0.05) is 6.07 Å². The number of benzene rings is 2. The van der Waals surface area contributed by atoms with Crippen LogP contribution in [0.1, 0.15) is 47.4 Å². The molecule has 8 nitrogen and oxygen atoms in total. The van der Waals surface area contributed by atoms with Crippen molar-refractivity contribution in [3.05, 3.63) is 59.4 Å². The lowest BCUT2D eigenvalue weighted by Crippen LogP contribution is -2.53. The van der Waals surface area contributed by atoms with Gasteiger partial charge in [-0.3, -0.25) is 9.59 Å². The molecule has 2 aliphatic heterocycles. The van der Waals surface area contributed by atoms with E-state index in [0.717, 1.165) is 18.5 Å². The van der Waals surface area contributed by atoms with E-state index in [4.69, 9.17) is 0 Å². The largest absolute Gasteiger partial charge is 0.367 e. The Bertz CT molecular complexity index is 1090. The molecular formula is C26H32FN5O3. The van der Waals surface area contributed by atoms with Gasteiger partial charge in [0.05, 0.1) is 5.56 Å². The Kier molecular flexibility index (Phi) is 7.53. The molecule has 0 atom stereocenters. The Hall–Kier alpha value is -3.62. The number of halogens is 1. The topological polar surface area (TPSA) is 85.0 Å². The van der Waals surface area contributed by atoms with Crippen molar-refractivity contribution in [3.8, 4) is 0 Å². The van der Waals surface area contributed by atoms with Crippen LogP contribution in [0.2, 0.25) is 0 Å². The van der Waals surface area contributed by atoms with E-state index in [0.29, 0.717) is 50.5 Å². The first kappa shape index (κ1) is 24.5. The van der Waals surface area contributed by atoms with Gasteiger partial charge in [-0.25, -0.2) is 9.18 Å². The molecule has 0 saturated carbocycles. The number of amides is 4. The highest BCUT2D eigenvalue weighted by molar-refractivity contribution is 6.06. The molecule has 0 bridgehead atoms. The van der Waals surface area contributed by atoms with Crippen molar-refractivity contribution in [1.82, 2.24) is 15.1 Å². The molecule has 186 valence electrons. The smallest absolute Gasteiger partial charge is 0.317 e. The molecule has 0 aromatic heterocycles. The molecule has 2 aromatic carbocycles. The number of likely N-dealkylation sites (tertiary alicyclic amines) is 1. The van der Waals surface area contributed by atoms with Crippen molar-refractivity contribution in [3.63, 3.8) is 0 Å². The molecule has 0 unspecified atom stereocenters. The molecule has 2 heterocycles. The number of hydrogen-bond donors (Lipinski definition) is 2. The van der Waals surface area contributed by atoms with Crippen LogP contribution < -0.4 is 15.5 Å². The monoisotopic (exact) mass is 481 g/mol. The maximum absolute atomic E-state index is 13.5. The molecule has 4 rings (SSSR count). The average Bonchev–Trinajstić information content (AvgIpc) is 3.38. The average molecular weight is 482 g/mol. The van der Waals surface area contributed by atoms with E-state index in [9.17, 15) is 18.8 Å². The summed E-state index contributed by atoms with van der Waals surface area (Å²) in [5.41, 5.74) is 1.98. The second-order valence-electron chi connectivity index (χ2n) is 9.27. The van der Waals surface area contributed by atoms with E-state index in [2.05, 4.69) is 15.5 Å². The summed E-state index contributed by atoms with van der Waals surface area (Å²) in [6.45, 7) is 7.57. The number of carbonyl (C=O) groups is 3. The fourth-order valence-electron chi connectivity index (χ4n) is 4.47. The summed E-state index contributed by atoms with van der Waals surface area (Å²) >= 11 is 0. The van der Waals surface area contributed by atoms with Crippen molar-refractivity contribution in [2.45, 2.75) is 32.7 Å². The molecule has 0 aliphatic carbocycles. The van der Waals surface area contributed by atoms with Crippen molar-refractivity contribution in [1.29, 1.82) is 0 Å². The van der Waals surface area contributed by atoms with Gasteiger partial charge in [0.25, 0.3) is 11.8 Å². The van der Waals surface area contributed by atoms with Crippen LogP contribution >= 0.6 is 0 Å². The Morgan fingerprint density at radius 1 is 0.886 bits per heavy atom. The Morgan fingerprint density at radius 3 is 2.26 bits per heavy atom. The summed E-state index contributed by atoms with van der Waals surface area (Å²) in [4.78, 5) is 44.1. The molecule has 2 N–H and O–H groups in total. The van der Waals surface area contributed by atoms with Crippen LogP contribution in [0, 0.1) is 5.82 Å². The third kappa shape index (κ3) is 5.90. The minimum absolute atomic E-state index is 0.0698. The number of anilines is 2. The maximum atomic E-state index is 13.5. The number of nitrogens with zero attached hydrogens (tertiary/aromatic N) is 3. The molecule has 35 heavy (non-hydrogen) atoms. The van der Waals surface area contributed by atoms with E-state index in [1.165, 1.54) is 24.3 Å². The van der Waals surface area contributed by atoms with Crippen LogP contribution in [0.4, 0.5) is 20.6 Å². The van der Waals surface area contributed by atoms with Gasteiger partial charge in [-0.15, -0.1) is 0 Å². The lowest BCUT2D eigenvalue weighted by Gasteiger charge is -2.37. The fraction of sp³-hybridized carbons (Fsp3) is 0.423. The first-order valence-corrected chi connectivity index (χ1v) is 12.1. The third-order valence-corrected chi connectivity index (χ3v) is 6.28. The van der Waals surface area contributed by atoms with Gasteiger partial charge >= 0.3 is 6.03 Å². The van der Waals surface area contributed by atoms with Gasteiger partial charge in [-0.2, -0.15) is 0 Å². The Labute approximate surface area is 205 Å². The SMILES string of the molecule is CC(C)NC(=O)N1CCN(c2ccc(NC(=O)c3cccc(F)c3)cc2C(=O)N2CCCC2)CC1. The summed E-state index contributed by atoms with van der Waals surface area (Å²) < 4.78 is 13.5. The number of piperazine rings is 1. The lowest BCUT2D eigenvalue weighted by molar-refractivity contribution is 0.0792. The van der Waals surface area contributed by atoms with Gasteiger partial charge in [0.15, 0.2) is 0 Å². The molecule has 9 heteroatoms. The van der Waals surface area contributed by atoms with Crippen LogP contribution in [0.25, 0.3) is 0 Å². The van der Waals surface area contributed by atoms with E-state index in [-0.39, 0.29) is 23.5 Å². The lowest BCUT2D eigenvalue weighted by atomic mass is 10.1. The van der Waals surface area contributed by atoms with Crippen LogP contribution in [0.15, 0.2) is 42.5 Å². The van der Waals surface area contributed by atoms with E-state index >= 15 is 0 Å². The van der Waals surface area contributed by atoms with Gasteiger partial charge in [0, 0.05) is 62.2 Å². The van der Waals surface area contributed by atoms with Crippen LogP contribution in [0.5, 0.6) is 0 Å². The molecular weight excluding hydrogens is 449 g/mol. The highest BCUT2D eigenvalue weighted by Gasteiger charge is 2.27. The minimum atomic E-state index is -0.487. The highest BCUT2D eigenvalue weighted by atomic mass is 19.1. The van der Waals surface area contributed by atoms with Gasteiger partial charge in [0.2, 0.25) is 0 Å². The van der Waals surface area contributed by atoms with Gasteiger partial charge < -0.3 is 25.3 Å². The Balaban J connectivity index is 1.54. The second-order valence-corrected chi connectivity index (χ2v) is 9.27. The third-order valence-electron chi connectivity index (χ3n) is 6.28. The molecule has 2 aliphatic rings. The predicted octanol–water partition coefficient (Wildman–Crippen LogP) is 3.55. The zero-order valence-electron chi connectivity index (χ0n) is 20.2. The van der Waals surface area contributed by atoms with Gasteiger partial charge in [0.1, 0.15) is 5.82 Å². The minimum Gasteiger partial charge on any atom is -0.367 e. The molecule has 0 spiro atoms. The summed E-state index contributed by atoms with van der Waals surface area (Å²) in [6.07, 6.45) is 1.95. The first-order valence-electron chi connectivity index (χ1n) is 12.1. The quantitative estimate of drug-likeness (QED) is 0.684. The zero-order valence-corrected chi connectivity index (χ0v) is 20.2. The predicted molar refractivity (Wildman–Crippen MR) is 133 cm³/mol.